The fraction of sp³-hybridized carbons (Fsp3) is 0.176. The number of hydrogen-bond donors (Lipinski definition) is 2. The highest BCUT2D eigenvalue weighted by atomic mass is 16.5. The van der Waals surface area contributed by atoms with Crippen LogP contribution in [0.5, 0.6) is 5.75 Å². The van der Waals surface area contributed by atoms with Crippen LogP contribution in [0.25, 0.3) is 0 Å². The molecule has 7 heteroatoms. The van der Waals surface area contributed by atoms with Crippen LogP contribution in [0, 0.1) is 0 Å². The number of rotatable bonds is 7. The summed E-state index contributed by atoms with van der Waals surface area (Å²) in [5.74, 6) is -0.540. The molecule has 122 valence electrons. The fourth-order valence-electron chi connectivity index (χ4n) is 2.36. The number of nitrogens with one attached hydrogen (secondary N) is 2. The van der Waals surface area contributed by atoms with Crippen molar-refractivity contribution < 1.29 is 14.3 Å². The predicted molar refractivity (Wildman–Crippen MR) is 86.0 cm³/mol. The van der Waals surface area contributed by atoms with E-state index >= 15 is 0 Å². The third-order valence-corrected chi connectivity index (χ3v) is 3.58. The number of carbonyl (C=O) groups is 2. The van der Waals surface area contributed by atoms with E-state index in [0.29, 0.717) is 12.1 Å². The molecule has 0 amide bonds. The molecular formula is C17H16N4O3. The van der Waals surface area contributed by atoms with E-state index in [4.69, 9.17) is 4.74 Å². The maximum Gasteiger partial charge on any atom is 0.267 e. The average molecular weight is 324 g/mol. The van der Waals surface area contributed by atoms with E-state index < -0.39 is 11.6 Å². The Morgan fingerprint density at radius 1 is 1.08 bits per heavy atom. The molecule has 0 bridgehead atoms. The molecular weight excluding hydrogens is 308 g/mol. The van der Waals surface area contributed by atoms with Crippen molar-refractivity contribution in [3.05, 3.63) is 65.5 Å². The summed E-state index contributed by atoms with van der Waals surface area (Å²) in [5.41, 5.74) is 2.77. The maximum atomic E-state index is 12.0. The van der Waals surface area contributed by atoms with Crippen LogP contribution in [0.4, 0.5) is 0 Å². The molecule has 0 radical (unpaired) electrons. The number of methoxy groups -OCH3 is 1. The van der Waals surface area contributed by atoms with Crippen LogP contribution < -0.4 is 4.74 Å². The Morgan fingerprint density at radius 2 is 1.83 bits per heavy atom. The third kappa shape index (κ3) is 3.57. The van der Waals surface area contributed by atoms with Crippen LogP contribution in [0.1, 0.15) is 27.6 Å². The lowest BCUT2D eigenvalue weighted by atomic mass is 10.1. The van der Waals surface area contributed by atoms with Crippen molar-refractivity contribution in [1.82, 2.24) is 20.2 Å². The number of benzene rings is 1. The lowest BCUT2D eigenvalue weighted by Crippen LogP contribution is -2.18. The Kier molecular flexibility index (Phi) is 4.51. The second kappa shape index (κ2) is 6.91. The van der Waals surface area contributed by atoms with Gasteiger partial charge < -0.3 is 9.72 Å². The molecule has 0 aliphatic rings. The van der Waals surface area contributed by atoms with E-state index in [1.54, 1.807) is 7.11 Å². The Morgan fingerprint density at radius 3 is 2.50 bits per heavy atom. The molecule has 0 saturated carbocycles. The van der Waals surface area contributed by atoms with E-state index in [9.17, 15) is 9.59 Å². The van der Waals surface area contributed by atoms with Gasteiger partial charge in [-0.25, -0.2) is 4.98 Å². The summed E-state index contributed by atoms with van der Waals surface area (Å²) < 4.78 is 5.13. The number of nitrogens with zero attached hydrogens (tertiary/aromatic N) is 2. The number of ether oxygens (including phenoxy) is 1. The molecule has 7 nitrogen and oxygen atoms in total. The molecule has 0 aliphatic heterocycles. The molecule has 3 rings (SSSR count). The van der Waals surface area contributed by atoms with Gasteiger partial charge in [-0.3, -0.25) is 14.7 Å². The topological polar surface area (TPSA) is 101 Å². The zero-order valence-electron chi connectivity index (χ0n) is 13.1. The summed E-state index contributed by atoms with van der Waals surface area (Å²) in [4.78, 5) is 30.7. The van der Waals surface area contributed by atoms with Crippen LogP contribution in [0.2, 0.25) is 0 Å². The maximum absolute atomic E-state index is 12.0. The summed E-state index contributed by atoms with van der Waals surface area (Å²) >= 11 is 0. The van der Waals surface area contributed by atoms with Crippen LogP contribution in [0.15, 0.2) is 42.7 Å². The Bertz CT molecular complexity index is 835. The first-order valence-electron chi connectivity index (χ1n) is 7.38. The van der Waals surface area contributed by atoms with Crippen molar-refractivity contribution in [2.45, 2.75) is 12.8 Å². The largest absolute Gasteiger partial charge is 0.497 e. The minimum absolute atomic E-state index is 0.00398. The quantitative estimate of drug-likeness (QED) is 0.509. The summed E-state index contributed by atoms with van der Waals surface area (Å²) in [6.45, 7) is 0. The van der Waals surface area contributed by atoms with Crippen molar-refractivity contribution >= 4 is 11.6 Å². The lowest BCUT2D eigenvalue weighted by Gasteiger charge is -2.02. The summed E-state index contributed by atoms with van der Waals surface area (Å²) in [6.07, 6.45) is 1.96. The van der Waals surface area contributed by atoms with Gasteiger partial charge in [0.05, 0.1) is 13.5 Å². The van der Waals surface area contributed by atoms with Crippen LogP contribution in [-0.4, -0.2) is 38.8 Å². The minimum atomic E-state index is -0.692. The standard InChI is InChI=1S/C17H16N4O3/c1-24-14-6-2-11(3-7-14)8-12-4-5-13(20-12)9-15(22)16(23)17-18-10-19-21-17/h2-7,10,20H,8-9H2,1H3,(H,18,19,21). The summed E-state index contributed by atoms with van der Waals surface area (Å²) in [5, 5.41) is 6.05. The van der Waals surface area contributed by atoms with E-state index in [-0.39, 0.29) is 12.2 Å². The van der Waals surface area contributed by atoms with E-state index in [2.05, 4.69) is 20.2 Å². The van der Waals surface area contributed by atoms with E-state index in [0.717, 1.165) is 17.0 Å². The number of hydrogen-bond acceptors (Lipinski definition) is 5. The zero-order valence-corrected chi connectivity index (χ0v) is 13.1. The Hall–Kier alpha value is -3.22. The SMILES string of the molecule is COc1ccc(Cc2ccc(CC(=O)C(=O)c3nc[nH]n3)[nH]2)cc1. The van der Waals surface area contributed by atoms with Crippen molar-refractivity contribution in [3.8, 4) is 5.75 Å². The first-order chi connectivity index (χ1) is 11.7. The van der Waals surface area contributed by atoms with Gasteiger partial charge in [0, 0.05) is 17.8 Å². The smallest absolute Gasteiger partial charge is 0.267 e. The second-order valence-electron chi connectivity index (χ2n) is 5.29. The Labute approximate surface area is 138 Å². The van der Waals surface area contributed by atoms with Gasteiger partial charge >= 0.3 is 0 Å². The first kappa shape index (κ1) is 15.7. The Balaban J connectivity index is 1.62. The van der Waals surface area contributed by atoms with Gasteiger partial charge in [0.25, 0.3) is 5.78 Å². The van der Waals surface area contributed by atoms with E-state index in [1.807, 2.05) is 36.4 Å². The number of Topliss-reactive ketones (excluding diaryl/α,β-unsaturated/α-hetero) is 2. The molecule has 0 fully saturated rings. The van der Waals surface area contributed by atoms with Gasteiger partial charge in [-0.15, -0.1) is 5.10 Å². The number of H-pyrrole nitrogens is 2. The molecule has 0 saturated heterocycles. The highest BCUT2D eigenvalue weighted by molar-refractivity contribution is 6.43. The normalized spacial score (nSPS) is 10.5. The van der Waals surface area contributed by atoms with Gasteiger partial charge in [-0.1, -0.05) is 12.1 Å². The van der Waals surface area contributed by atoms with Gasteiger partial charge in [0.15, 0.2) is 0 Å². The van der Waals surface area contributed by atoms with Crippen molar-refractivity contribution in [1.29, 1.82) is 0 Å². The molecule has 0 spiro atoms. The molecule has 2 aromatic heterocycles. The van der Waals surface area contributed by atoms with Gasteiger partial charge in [0.1, 0.15) is 12.1 Å². The van der Waals surface area contributed by atoms with Gasteiger partial charge in [-0.2, -0.15) is 0 Å². The van der Waals surface area contributed by atoms with Crippen LogP contribution >= 0.6 is 0 Å². The monoisotopic (exact) mass is 324 g/mol. The number of carbonyl (C=O) groups excluding carboxylic acids is 2. The van der Waals surface area contributed by atoms with Crippen molar-refractivity contribution in [2.24, 2.45) is 0 Å². The highest BCUT2D eigenvalue weighted by Crippen LogP contribution is 2.15. The molecule has 24 heavy (non-hydrogen) atoms. The molecule has 0 unspecified atom stereocenters. The fourth-order valence-corrected chi connectivity index (χ4v) is 2.36. The first-order valence-corrected chi connectivity index (χ1v) is 7.38. The highest BCUT2D eigenvalue weighted by Gasteiger charge is 2.20. The van der Waals surface area contributed by atoms with Crippen molar-refractivity contribution in [3.63, 3.8) is 0 Å². The van der Waals surface area contributed by atoms with Crippen LogP contribution in [0.3, 0.4) is 0 Å². The van der Waals surface area contributed by atoms with E-state index in [1.165, 1.54) is 6.33 Å². The molecule has 2 heterocycles. The van der Waals surface area contributed by atoms with Crippen molar-refractivity contribution in [2.75, 3.05) is 7.11 Å². The number of ketones is 2. The third-order valence-electron chi connectivity index (χ3n) is 3.58. The molecule has 0 atom stereocenters. The summed E-state index contributed by atoms with van der Waals surface area (Å²) in [7, 11) is 1.63. The van der Waals surface area contributed by atoms with Gasteiger partial charge in [0.2, 0.25) is 11.6 Å². The predicted octanol–water partition coefficient (Wildman–Crippen LogP) is 1.73. The summed E-state index contributed by atoms with van der Waals surface area (Å²) in [6, 6.07) is 11.5. The molecule has 3 aromatic rings. The zero-order chi connectivity index (χ0) is 16.9. The second-order valence-corrected chi connectivity index (χ2v) is 5.29. The average Bonchev–Trinajstić information content (AvgIpc) is 3.27. The lowest BCUT2D eigenvalue weighted by molar-refractivity contribution is -0.114. The van der Waals surface area contributed by atoms with Gasteiger partial charge in [-0.05, 0) is 29.8 Å². The number of aromatic nitrogens is 4. The minimum Gasteiger partial charge on any atom is -0.497 e. The number of aromatic amines is 2. The molecule has 2 N–H and O–H groups in total. The van der Waals surface area contributed by atoms with Crippen LogP contribution in [-0.2, 0) is 17.6 Å². The molecule has 1 aromatic carbocycles. The molecule has 0 aliphatic carbocycles.